The number of aromatic nitrogens is 2. The van der Waals surface area contributed by atoms with Crippen LogP contribution in [0.4, 0.5) is 0 Å². The van der Waals surface area contributed by atoms with Crippen LogP contribution in [0.3, 0.4) is 0 Å². The minimum absolute atomic E-state index is 0.182. The summed E-state index contributed by atoms with van der Waals surface area (Å²) >= 11 is 0. The van der Waals surface area contributed by atoms with Gasteiger partial charge in [-0.25, -0.2) is 0 Å². The zero-order valence-corrected chi connectivity index (χ0v) is 11.3. The molecule has 0 saturated carbocycles. The van der Waals surface area contributed by atoms with E-state index in [1.54, 1.807) is 7.11 Å². The van der Waals surface area contributed by atoms with Gasteiger partial charge in [0.15, 0.2) is 11.5 Å². The lowest BCUT2D eigenvalue weighted by molar-refractivity contribution is 0.0981. The Kier molecular flexibility index (Phi) is 4.52. The molecule has 5 nitrogen and oxygen atoms in total. The molecule has 2 rings (SSSR count). The van der Waals surface area contributed by atoms with Gasteiger partial charge < -0.3 is 13.8 Å². The van der Waals surface area contributed by atoms with Crippen molar-refractivity contribution in [3.8, 4) is 0 Å². The average molecular weight is 262 g/mol. The van der Waals surface area contributed by atoms with Crippen LogP contribution in [0.15, 0.2) is 29.0 Å². The first-order valence-corrected chi connectivity index (χ1v) is 6.35. The van der Waals surface area contributed by atoms with Gasteiger partial charge in [-0.3, -0.25) is 4.79 Å². The molecule has 0 fully saturated rings. The number of hydrogen-bond acceptors (Lipinski definition) is 4. The predicted molar refractivity (Wildman–Crippen MR) is 70.0 cm³/mol. The fraction of sp³-hybridized carbons (Fsp3) is 0.429. The Morgan fingerprint density at radius 2 is 2.37 bits per heavy atom. The quantitative estimate of drug-likeness (QED) is 0.720. The van der Waals surface area contributed by atoms with Crippen LogP contribution in [0.25, 0.3) is 0 Å². The first-order chi connectivity index (χ1) is 9.22. The summed E-state index contributed by atoms with van der Waals surface area (Å²) in [7, 11) is 1.61. The van der Waals surface area contributed by atoms with E-state index >= 15 is 0 Å². The highest BCUT2D eigenvalue weighted by Crippen LogP contribution is 2.10. The number of rotatable bonds is 7. The Bertz CT molecular complexity index is 542. The largest absolute Gasteiger partial charge is 0.377 e. The third-order valence-corrected chi connectivity index (χ3v) is 2.79. The highest BCUT2D eigenvalue weighted by atomic mass is 16.5. The van der Waals surface area contributed by atoms with Crippen molar-refractivity contribution < 1.29 is 14.1 Å². The van der Waals surface area contributed by atoms with Gasteiger partial charge in [0.2, 0.25) is 0 Å². The zero-order valence-electron chi connectivity index (χ0n) is 11.3. The summed E-state index contributed by atoms with van der Waals surface area (Å²) in [5, 5.41) is 3.96. The second-order valence-corrected chi connectivity index (χ2v) is 4.46. The molecule has 2 aromatic rings. The fourth-order valence-corrected chi connectivity index (χ4v) is 1.90. The van der Waals surface area contributed by atoms with Crippen molar-refractivity contribution in [3.05, 3.63) is 41.5 Å². The molecular weight excluding hydrogens is 244 g/mol. The van der Waals surface area contributed by atoms with E-state index < -0.39 is 0 Å². The maximum absolute atomic E-state index is 11.7. The van der Waals surface area contributed by atoms with Crippen molar-refractivity contribution in [3.63, 3.8) is 0 Å². The number of Topliss-reactive ketones (excluding diaryl/α,β-unsaturated/α-hetero) is 1. The molecule has 0 spiro atoms. The molecule has 0 aliphatic heterocycles. The van der Waals surface area contributed by atoms with Crippen molar-refractivity contribution in [1.29, 1.82) is 0 Å². The number of hydrogen-bond donors (Lipinski definition) is 0. The number of carbonyl (C=O) groups excluding carboxylic acids is 1. The molecular formula is C14H18N2O3. The van der Waals surface area contributed by atoms with E-state index in [0.717, 1.165) is 17.7 Å². The summed E-state index contributed by atoms with van der Waals surface area (Å²) < 4.78 is 12.0. The third-order valence-electron chi connectivity index (χ3n) is 2.79. The van der Waals surface area contributed by atoms with Gasteiger partial charge >= 0.3 is 0 Å². The minimum atomic E-state index is 0.182. The van der Waals surface area contributed by atoms with Gasteiger partial charge in [0.25, 0.3) is 0 Å². The van der Waals surface area contributed by atoms with Gasteiger partial charge in [-0.1, -0.05) is 12.1 Å². The molecule has 102 valence electrons. The van der Waals surface area contributed by atoms with E-state index in [9.17, 15) is 4.79 Å². The smallest absolute Gasteiger partial charge is 0.164 e. The minimum Gasteiger partial charge on any atom is -0.377 e. The zero-order chi connectivity index (χ0) is 13.7. The maximum Gasteiger partial charge on any atom is 0.164 e. The standard InChI is InChI=1S/C14H18N2O3/c1-3-4-14(17)11-5-6-16(8-11)9-12-7-13(10-18-2)19-15-12/h5-8H,3-4,9-10H2,1-2H3. The van der Waals surface area contributed by atoms with Crippen LogP contribution in [0.1, 0.15) is 41.6 Å². The lowest BCUT2D eigenvalue weighted by Crippen LogP contribution is -1.99. The Morgan fingerprint density at radius 1 is 1.53 bits per heavy atom. The first kappa shape index (κ1) is 13.5. The molecule has 0 aliphatic rings. The van der Waals surface area contributed by atoms with Crippen LogP contribution >= 0.6 is 0 Å². The number of ketones is 1. The number of carbonyl (C=O) groups is 1. The fourth-order valence-electron chi connectivity index (χ4n) is 1.90. The Morgan fingerprint density at radius 3 is 3.11 bits per heavy atom. The molecule has 0 amide bonds. The topological polar surface area (TPSA) is 57.3 Å². The molecule has 0 unspecified atom stereocenters. The lowest BCUT2D eigenvalue weighted by atomic mass is 10.1. The summed E-state index contributed by atoms with van der Waals surface area (Å²) in [6.45, 7) is 3.01. The van der Waals surface area contributed by atoms with Crippen LogP contribution in [0.2, 0.25) is 0 Å². The molecule has 0 atom stereocenters. The highest BCUT2D eigenvalue weighted by Gasteiger charge is 2.08. The molecule has 0 N–H and O–H groups in total. The van der Waals surface area contributed by atoms with Gasteiger partial charge in [-0.2, -0.15) is 0 Å². The lowest BCUT2D eigenvalue weighted by Gasteiger charge is -1.97. The van der Waals surface area contributed by atoms with E-state index in [1.807, 2.05) is 36.0 Å². The molecule has 19 heavy (non-hydrogen) atoms. The second-order valence-electron chi connectivity index (χ2n) is 4.46. The predicted octanol–water partition coefficient (Wildman–Crippen LogP) is 2.65. The van der Waals surface area contributed by atoms with E-state index in [1.165, 1.54) is 0 Å². The molecule has 0 aromatic carbocycles. The van der Waals surface area contributed by atoms with E-state index in [-0.39, 0.29) is 5.78 Å². The summed E-state index contributed by atoms with van der Waals surface area (Å²) in [5.74, 6) is 0.883. The molecule has 0 aliphatic carbocycles. The van der Waals surface area contributed by atoms with Gasteiger partial charge in [-0.05, 0) is 12.5 Å². The highest BCUT2D eigenvalue weighted by molar-refractivity contribution is 5.95. The molecule has 0 bridgehead atoms. The third kappa shape index (κ3) is 3.54. The summed E-state index contributed by atoms with van der Waals surface area (Å²) in [6.07, 6.45) is 5.19. The number of nitrogens with zero attached hydrogens (tertiary/aromatic N) is 2. The molecule has 0 radical (unpaired) electrons. The van der Waals surface area contributed by atoms with Crippen molar-refractivity contribution in [1.82, 2.24) is 9.72 Å². The van der Waals surface area contributed by atoms with Crippen molar-refractivity contribution in [2.75, 3.05) is 7.11 Å². The number of methoxy groups -OCH3 is 1. The second kappa shape index (κ2) is 6.33. The van der Waals surface area contributed by atoms with Gasteiger partial charge in [0.05, 0.1) is 6.54 Å². The van der Waals surface area contributed by atoms with Crippen molar-refractivity contribution >= 4 is 5.78 Å². The monoisotopic (exact) mass is 262 g/mol. The Hall–Kier alpha value is -1.88. The SMILES string of the molecule is CCCC(=O)c1ccn(Cc2cc(COC)on2)c1. The summed E-state index contributed by atoms with van der Waals surface area (Å²) in [4.78, 5) is 11.7. The normalized spacial score (nSPS) is 10.8. The van der Waals surface area contributed by atoms with Crippen molar-refractivity contribution in [2.24, 2.45) is 0 Å². The van der Waals surface area contributed by atoms with E-state index in [2.05, 4.69) is 5.16 Å². The molecule has 2 aromatic heterocycles. The first-order valence-electron chi connectivity index (χ1n) is 6.35. The molecule has 5 heteroatoms. The van der Waals surface area contributed by atoms with Crippen LogP contribution in [0, 0.1) is 0 Å². The van der Waals surface area contributed by atoms with Crippen LogP contribution in [-0.4, -0.2) is 22.6 Å². The Balaban J connectivity index is 2.00. The van der Waals surface area contributed by atoms with Crippen LogP contribution < -0.4 is 0 Å². The average Bonchev–Trinajstić information content (AvgIpc) is 3.00. The summed E-state index contributed by atoms with van der Waals surface area (Å²) in [6, 6.07) is 3.70. The van der Waals surface area contributed by atoms with E-state index in [0.29, 0.717) is 25.3 Å². The van der Waals surface area contributed by atoms with Crippen LogP contribution in [-0.2, 0) is 17.9 Å². The van der Waals surface area contributed by atoms with Gasteiger partial charge in [0, 0.05) is 37.6 Å². The molecule has 0 saturated heterocycles. The number of ether oxygens (including phenoxy) is 1. The van der Waals surface area contributed by atoms with Crippen LogP contribution in [0.5, 0.6) is 0 Å². The Labute approximate surface area is 112 Å². The van der Waals surface area contributed by atoms with Gasteiger partial charge in [-0.15, -0.1) is 0 Å². The van der Waals surface area contributed by atoms with E-state index in [4.69, 9.17) is 9.26 Å². The van der Waals surface area contributed by atoms with Gasteiger partial charge in [0.1, 0.15) is 12.3 Å². The molecule has 2 heterocycles. The maximum atomic E-state index is 11.7. The van der Waals surface area contributed by atoms with Crippen molar-refractivity contribution in [2.45, 2.75) is 32.9 Å². The summed E-state index contributed by atoms with van der Waals surface area (Å²) in [5.41, 5.74) is 1.57.